The third kappa shape index (κ3) is 4.79. The van der Waals surface area contributed by atoms with Crippen molar-refractivity contribution >= 4 is 27.6 Å². The van der Waals surface area contributed by atoms with Crippen molar-refractivity contribution < 1.29 is 18.3 Å². The summed E-state index contributed by atoms with van der Waals surface area (Å²) < 4.78 is 27.8. The van der Waals surface area contributed by atoms with E-state index in [2.05, 4.69) is 30.5 Å². The Morgan fingerprint density at radius 1 is 1.17 bits per heavy atom. The lowest BCUT2D eigenvalue weighted by atomic mass is 9.90. The average Bonchev–Trinajstić information content (AvgIpc) is 3.04. The van der Waals surface area contributed by atoms with E-state index in [9.17, 15) is 18.3 Å². The van der Waals surface area contributed by atoms with Crippen molar-refractivity contribution in [3.63, 3.8) is 0 Å². The van der Waals surface area contributed by atoms with Gasteiger partial charge in [-0.3, -0.25) is 4.79 Å². The van der Waals surface area contributed by atoms with E-state index in [0.717, 1.165) is 12.0 Å². The normalized spacial score (nSPS) is 17.4. The molecule has 9 nitrogen and oxygen atoms in total. The van der Waals surface area contributed by atoms with Gasteiger partial charge in [-0.15, -0.1) is 0 Å². The van der Waals surface area contributed by atoms with Crippen LogP contribution in [0.25, 0.3) is 11.3 Å². The van der Waals surface area contributed by atoms with Gasteiger partial charge in [0.05, 0.1) is 11.3 Å². The van der Waals surface area contributed by atoms with Gasteiger partial charge in [-0.2, -0.15) is 8.42 Å². The van der Waals surface area contributed by atoms with Crippen LogP contribution in [0.15, 0.2) is 53.6 Å². The summed E-state index contributed by atoms with van der Waals surface area (Å²) in [4.78, 5) is 23.9. The maximum atomic E-state index is 13.3. The number of nitrogens with two attached hydrogens (primary N) is 1. The number of anilines is 2. The summed E-state index contributed by atoms with van der Waals surface area (Å²) in [5.41, 5.74) is 7.54. The number of hydrogen-bond donors (Lipinski definition) is 3. The molecular weight excluding hydrogens is 466 g/mol. The number of hydrogen-bond acceptors (Lipinski definition) is 8. The monoisotopic (exact) mass is 495 g/mol. The second-order valence-corrected chi connectivity index (χ2v) is 11.1. The number of carbonyl (C=O) groups excluding carboxylic acids is 1. The molecule has 1 aliphatic rings. The van der Waals surface area contributed by atoms with Gasteiger partial charge in [0.25, 0.3) is 15.9 Å². The topological polar surface area (TPSA) is 139 Å². The van der Waals surface area contributed by atoms with E-state index in [1.165, 1.54) is 18.2 Å². The molecule has 1 aromatic carbocycles. The molecule has 3 aromatic rings. The van der Waals surface area contributed by atoms with Crippen LogP contribution < -0.4 is 15.4 Å². The number of nitrogens with one attached hydrogen (secondary N) is 1. The van der Waals surface area contributed by atoms with Crippen LogP contribution in [0.2, 0.25) is 0 Å². The first-order valence-corrected chi connectivity index (χ1v) is 12.8. The lowest BCUT2D eigenvalue weighted by molar-refractivity contribution is 0.0981. The Kier molecular flexibility index (Phi) is 6.18. The van der Waals surface area contributed by atoms with Crippen LogP contribution in [0.3, 0.4) is 0 Å². The van der Waals surface area contributed by atoms with E-state index in [1.807, 2.05) is 17.9 Å². The lowest BCUT2D eigenvalue weighted by Crippen LogP contribution is -2.43. The van der Waals surface area contributed by atoms with Crippen molar-refractivity contribution in [1.82, 2.24) is 14.7 Å². The molecule has 3 heterocycles. The first-order valence-electron chi connectivity index (χ1n) is 11.3. The number of aryl methyl sites for hydroxylation is 1. The molecule has 1 amide bonds. The Morgan fingerprint density at radius 2 is 1.91 bits per heavy atom. The third-order valence-electron chi connectivity index (χ3n) is 6.67. The summed E-state index contributed by atoms with van der Waals surface area (Å²) in [6, 6.07) is 12.5. The highest BCUT2D eigenvalue weighted by Gasteiger charge is 2.41. The molecule has 0 radical (unpaired) electrons. The number of phenols is 1. The van der Waals surface area contributed by atoms with Crippen molar-refractivity contribution in [3.05, 3.63) is 59.7 Å². The van der Waals surface area contributed by atoms with Crippen LogP contribution in [-0.2, 0) is 10.0 Å². The molecule has 0 spiro atoms. The van der Waals surface area contributed by atoms with Gasteiger partial charge in [0.1, 0.15) is 17.4 Å². The molecule has 4 rings (SSSR count). The molecule has 1 saturated heterocycles. The highest BCUT2D eigenvalue weighted by Crippen LogP contribution is 2.39. The predicted octanol–water partition coefficient (Wildman–Crippen LogP) is 3.48. The van der Waals surface area contributed by atoms with Gasteiger partial charge in [-0.1, -0.05) is 13.0 Å². The summed E-state index contributed by atoms with van der Waals surface area (Å²) in [6.07, 6.45) is 0.900. The number of rotatable bonds is 5. The van der Waals surface area contributed by atoms with Gasteiger partial charge in [0.2, 0.25) is 0 Å². The highest BCUT2D eigenvalue weighted by molar-refractivity contribution is 7.90. The summed E-state index contributed by atoms with van der Waals surface area (Å²) >= 11 is 0. The molecule has 10 heteroatoms. The molecular formula is C25H29N5O4S. The summed E-state index contributed by atoms with van der Waals surface area (Å²) in [6.45, 7) is 8.82. The highest BCUT2D eigenvalue weighted by atomic mass is 32.2. The summed E-state index contributed by atoms with van der Waals surface area (Å²) in [7, 11) is -4.25. The number of nitrogen functional groups attached to an aromatic ring is 1. The van der Waals surface area contributed by atoms with Crippen LogP contribution >= 0.6 is 0 Å². The molecule has 35 heavy (non-hydrogen) atoms. The molecule has 1 unspecified atom stereocenters. The minimum Gasteiger partial charge on any atom is -0.508 e. The predicted molar refractivity (Wildman–Crippen MR) is 135 cm³/mol. The minimum atomic E-state index is -4.25. The zero-order valence-electron chi connectivity index (χ0n) is 20.1. The molecule has 4 N–H and O–H groups in total. The van der Waals surface area contributed by atoms with Gasteiger partial charge in [-0.25, -0.2) is 14.7 Å². The minimum absolute atomic E-state index is 0.0289. The van der Waals surface area contributed by atoms with Gasteiger partial charge < -0.3 is 15.7 Å². The fourth-order valence-corrected chi connectivity index (χ4v) is 5.26. The first kappa shape index (κ1) is 24.5. The van der Waals surface area contributed by atoms with Crippen molar-refractivity contribution in [1.29, 1.82) is 0 Å². The average molecular weight is 496 g/mol. The standard InChI is InChI=1S/C25H29N5O4S/c1-15-12-17(14-18(31)13-15)20-9-8-19(23(27-20)30-11-10-16(2)25(30,3)4)24(32)29-35(33,34)22-7-5-6-21(26)28-22/h5-9,12-14,16,31H,10-11H2,1-4H3,(H2,26,28)(H,29,32). The van der Waals surface area contributed by atoms with Crippen LogP contribution in [0.1, 0.15) is 43.1 Å². The molecule has 1 aliphatic heterocycles. The van der Waals surface area contributed by atoms with Crippen molar-refractivity contribution in [2.24, 2.45) is 5.92 Å². The quantitative estimate of drug-likeness (QED) is 0.489. The van der Waals surface area contributed by atoms with E-state index in [4.69, 9.17) is 10.7 Å². The largest absolute Gasteiger partial charge is 0.508 e. The summed E-state index contributed by atoms with van der Waals surface area (Å²) in [5.74, 6) is 0.0335. The van der Waals surface area contributed by atoms with Gasteiger partial charge >= 0.3 is 0 Å². The fraction of sp³-hybridized carbons (Fsp3) is 0.320. The van der Waals surface area contributed by atoms with Crippen LogP contribution in [0, 0.1) is 12.8 Å². The first-order chi connectivity index (χ1) is 16.4. The van der Waals surface area contributed by atoms with E-state index in [1.54, 1.807) is 24.3 Å². The number of phenolic OH excluding ortho intramolecular Hbond substituents is 1. The maximum absolute atomic E-state index is 13.3. The maximum Gasteiger partial charge on any atom is 0.281 e. The number of aromatic nitrogens is 2. The molecule has 184 valence electrons. The van der Waals surface area contributed by atoms with E-state index < -0.39 is 15.9 Å². The van der Waals surface area contributed by atoms with Crippen LogP contribution in [0.4, 0.5) is 11.6 Å². The van der Waals surface area contributed by atoms with E-state index in [0.29, 0.717) is 29.5 Å². The zero-order valence-corrected chi connectivity index (χ0v) is 20.9. The Morgan fingerprint density at radius 3 is 2.54 bits per heavy atom. The van der Waals surface area contributed by atoms with Crippen molar-refractivity contribution in [2.45, 2.75) is 44.7 Å². The molecule has 0 saturated carbocycles. The Bertz CT molecular complexity index is 1380. The number of aromatic hydroxyl groups is 1. The van der Waals surface area contributed by atoms with Gasteiger partial charge in [0.15, 0.2) is 5.03 Å². The van der Waals surface area contributed by atoms with E-state index in [-0.39, 0.29) is 27.7 Å². The number of pyridine rings is 2. The lowest BCUT2D eigenvalue weighted by Gasteiger charge is -2.36. The van der Waals surface area contributed by atoms with Crippen LogP contribution in [-0.4, -0.2) is 41.5 Å². The third-order valence-corrected chi connectivity index (χ3v) is 7.90. The Hall–Kier alpha value is -3.66. The molecule has 1 fully saturated rings. The second kappa shape index (κ2) is 8.84. The smallest absolute Gasteiger partial charge is 0.281 e. The van der Waals surface area contributed by atoms with E-state index >= 15 is 0 Å². The molecule has 0 aliphatic carbocycles. The SMILES string of the molecule is Cc1cc(O)cc(-c2ccc(C(=O)NS(=O)(=O)c3cccc(N)n3)c(N3CCC(C)C3(C)C)n2)c1. The number of amides is 1. The van der Waals surface area contributed by atoms with Gasteiger partial charge in [0, 0.05) is 17.6 Å². The second-order valence-electron chi connectivity index (χ2n) is 9.46. The molecule has 1 atom stereocenters. The summed E-state index contributed by atoms with van der Waals surface area (Å²) in [5, 5.41) is 9.72. The van der Waals surface area contributed by atoms with Gasteiger partial charge in [-0.05, 0) is 81.1 Å². The van der Waals surface area contributed by atoms with Crippen LogP contribution in [0.5, 0.6) is 5.75 Å². The van der Waals surface area contributed by atoms with Crippen molar-refractivity contribution in [2.75, 3.05) is 17.2 Å². The Labute approximate surface area is 205 Å². The number of nitrogens with zero attached hydrogens (tertiary/aromatic N) is 3. The number of sulfonamides is 1. The molecule has 2 aromatic heterocycles. The Balaban J connectivity index is 1.79. The fourth-order valence-electron chi connectivity index (χ4n) is 4.32. The number of benzene rings is 1. The zero-order chi connectivity index (χ0) is 25.5. The van der Waals surface area contributed by atoms with Crippen molar-refractivity contribution in [3.8, 4) is 17.0 Å². The number of carbonyl (C=O) groups is 1. The molecule has 0 bridgehead atoms.